The summed E-state index contributed by atoms with van der Waals surface area (Å²) < 4.78 is 0. The number of carbonyl (C=O) groups is 2. The molecule has 6 heteroatoms. The number of rotatable bonds is 4. The molecular weight excluding hydrogens is 328 g/mol. The summed E-state index contributed by atoms with van der Waals surface area (Å²) in [4.78, 5) is 26.8. The van der Waals surface area contributed by atoms with Crippen molar-refractivity contribution >= 4 is 17.5 Å². The topological polar surface area (TPSA) is 79.0 Å². The first-order chi connectivity index (χ1) is 12.6. The molecule has 0 aromatic heterocycles. The first kappa shape index (κ1) is 17.2. The Morgan fingerprint density at radius 1 is 1.15 bits per heavy atom. The molecule has 4 rings (SSSR count). The Labute approximate surface area is 154 Å². The van der Waals surface area contributed by atoms with Crippen molar-refractivity contribution < 1.29 is 9.59 Å². The fourth-order valence-corrected chi connectivity index (χ4v) is 4.77. The van der Waals surface area contributed by atoms with Crippen molar-refractivity contribution in [3.8, 4) is 0 Å². The Morgan fingerprint density at radius 2 is 1.92 bits per heavy atom. The Morgan fingerprint density at radius 3 is 2.69 bits per heavy atom. The van der Waals surface area contributed by atoms with E-state index in [4.69, 9.17) is 5.73 Å². The molecule has 0 spiro atoms. The molecule has 0 radical (unpaired) electrons. The molecule has 2 heterocycles. The van der Waals surface area contributed by atoms with Gasteiger partial charge in [-0.1, -0.05) is 43.2 Å². The number of hydrogen-bond acceptors (Lipinski definition) is 4. The summed E-state index contributed by atoms with van der Waals surface area (Å²) in [6.45, 7) is 0.840. The third-order valence-corrected chi connectivity index (χ3v) is 6.06. The van der Waals surface area contributed by atoms with Crippen LogP contribution in [-0.4, -0.2) is 52.6 Å². The van der Waals surface area contributed by atoms with Crippen LogP contribution in [0.1, 0.15) is 44.1 Å². The maximum Gasteiger partial charge on any atom is 0.256 e. The number of nitrogens with two attached hydrogens (primary N) is 1. The predicted octanol–water partition coefficient (Wildman–Crippen LogP) is 1.74. The van der Waals surface area contributed by atoms with E-state index in [9.17, 15) is 9.59 Å². The van der Waals surface area contributed by atoms with Gasteiger partial charge < -0.3 is 5.73 Å². The smallest absolute Gasteiger partial charge is 0.256 e. The van der Waals surface area contributed by atoms with Crippen LogP contribution in [-0.2, 0) is 9.59 Å². The Bertz CT molecular complexity index is 718. The van der Waals surface area contributed by atoms with Crippen molar-refractivity contribution in [2.45, 2.75) is 50.6 Å². The van der Waals surface area contributed by atoms with Gasteiger partial charge in [0.25, 0.3) is 5.91 Å². The highest BCUT2D eigenvalue weighted by molar-refractivity contribution is 6.02. The van der Waals surface area contributed by atoms with Gasteiger partial charge in [0.2, 0.25) is 5.91 Å². The predicted molar refractivity (Wildman–Crippen MR) is 99.4 cm³/mol. The first-order valence-corrected chi connectivity index (χ1v) is 9.62. The molecule has 2 amide bonds. The van der Waals surface area contributed by atoms with Crippen LogP contribution in [0, 0.1) is 5.92 Å². The number of nitrogens with zero attached hydrogens (tertiary/aromatic N) is 3. The third kappa shape index (κ3) is 3.26. The van der Waals surface area contributed by atoms with Gasteiger partial charge in [0.05, 0.1) is 24.8 Å². The Hall–Kier alpha value is -2.21. The highest BCUT2D eigenvalue weighted by Crippen LogP contribution is 2.39. The molecule has 1 aromatic carbocycles. The summed E-state index contributed by atoms with van der Waals surface area (Å²) in [5.74, 6) is 0.159. The van der Waals surface area contributed by atoms with E-state index in [2.05, 4.69) is 10.0 Å². The molecule has 3 atom stereocenters. The number of amides is 2. The van der Waals surface area contributed by atoms with Crippen LogP contribution in [0.4, 0.5) is 0 Å². The number of fused-ring (bicyclic) bond motifs is 1. The second-order valence-corrected chi connectivity index (χ2v) is 7.62. The average molecular weight is 354 g/mol. The van der Waals surface area contributed by atoms with Crippen molar-refractivity contribution in [1.82, 2.24) is 9.91 Å². The van der Waals surface area contributed by atoms with Crippen LogP contribution in [0.15, 0.2) is 35.4 Å². The highest BCUT2D eigenvalue weighted by Gasteiger charge is 2.45. The molecule has 0 bridgehead atoms. The zero-order valence-corrected chi connectivity index (χ0v) is 15.0. The third-order valence-electron chi connectivity index (χ3n) is 6.06. The summed E-state index contributed by atoms with van der Waals surface area (Å²) in [5.41, 5.74) is 7.64. The summed E-state index contributed by atoms with van der Waals surface area (Å²) in [6.07, 6.45) is 6.13. The lowest BCUT2D eigenvalue weighted by Gasteiger charge is -2.33. The van der Waals surface area contributed by atoms with Gasteiger partial charge >= 0.3 is 0 Å². The molecular formula is C20H26N4O2. The van der Waals surface area contributed by atoms with Crippen LogP contribution in [0.3, 0.4) is 0 Å². The molecule has 2 fully saturated rings. The zero-order chi connectivity index (χ0) is 18.1. The molecule has 1 aromatic rings. The van der Waals surface area contributed by atoms with Gasteiger partial charge in [0.1, 0.15) is 0 Å². The van der Waals surface area contributed by atoms with Crippen molar-refractivity contribution in [2.24, 2.45) is 16.8 Å². The van der Waals surface area contributed by atoms with E-state index in [0.29, 0.717) is 18.5 Å². The molecule has 1 aliphatic carbocycles. The monoisotopic (exact) mass is 354 g/mol. The van der Waals surface area contributed by atoms with E-state index in [-0.39, 0.29) is 24.4 Å². The lowest BCUT2D eigenvalue weighted by Crippen LogP contribution is -2.49. The molecule has 26 heavy (non-hydrogen) atoms. The van der Waals surface area contributed by atoms with Gasteiger partial charge in [-0.15, -0.1) is 0 Å². The van der Waals surface area contributed by atoms with Crippen LogP contribution in [0.2, 0.25) is 0 Å². The van der Waals surface area contributed by atoms with Crippen LogP contribution in [0.5, 0.6) is 0 Å². The quantitative estimate of drug-likeness (QED) is 0.894. The number of hydrazone groups is 1. The Kier molecular flexibility index (Phi) is 4.76. The van der Waals surface area contributed by atoms with Crippen molar-refractivity contribution in [3.05, 3.63) is 35.9 Å². The fraction of sp³-hybridized carbons (Fsp3) is 0.550. The van der Waals surface area contributed by atoms with Crippen LogP contribution in [0.25, 0.3) is 0 Å². The number of likely N-dealkylation sites (tertiary alicyclic amines) is 1. The zero-order valence-electron chi connectivity index (χ0n) is 15.0. The van der Waals surface area contributed by atoms with E-state index >= 15 is 0 Å². The average Bonchev–Trinajstić information content (AvgIpc) is 3.28. The highest BCUT2D eigenvalue weighted by atomic mass is 16.2. The standard InChI is InChI=1S/C20H26N4O2/c21-20(26)18-12-15-8-4-5-9-17(15)23(18)13-19(25)24-11-10-16(22-24)14-6-2-1-3-7-14/h1-3,6-7,15,17-18H,4-5,8-13H2,(H2,21,26)/t15-,17+,18+/m1/s1. The summed E-state index contributed by atoms with van der Waals surface area (Å²) >= 11 is 0. The van der Waals surface area contributed by atoms with E-state index in [0.717, 1.165) is 43.4 Å². The molecule has 138 valence electrons. The molecule has 3 aliphatic rings. The first-order valence-electron chi connectivity index (χ1n) is 9.62. The van der Waals surface area contributed by atoms with Gasteiger partial charge in [-0.25, -0.2) is 5.01 Å². The van der Waals surface area contributed by atoms with Gasteiger partial charge in [-0.3, -0.25) is 14.5 Å². The summed E-state index contributed by atoms with van der Waals surface area (Å²) in [7, 11) is 0. The molecule has 2 N–H and O–H groups in total. The summed E-state index contributed by atoms with van der Waals surface area (Å²) in [5, 5.41) is 6.10. The summed E-state index contributed by atoms with van der Waals surface area (Å²) in [6, 6.07) is 9.96. The van der Waals surface area contributed by atoms with Crippen molar-refractivity contribution in [1.29, 1.82) is 0 Å². The van der Waals surface area contributed by atoms with Gasteiger partial charge in [-0.05, 0) is 30.7 Å². The second kappa shape index (κ2) is 7.19. The molecule has 1 saturated carbocycles. The maximum absolute atomic E-state index is 12.8. The maximum atomic E-state index is 12.8. The van der Waals surface area contributed by atoms with E-state index in [1.807, 2.05) is 30.3 Å². The van der Waals surface area contributed by atoms with Crippen molar-refractivity contribution in [2.75, 3.05) is 13.1 Å². The fourth-order valence-electron chi connectivity index (χ4n) is 4.77. The number of benzene rings is 1. The molecule has 1 saturated heterocycles. The molecule has 2 aliphatic heterocycles. The lowest BCUT2D eigenvalue weighted by atomic mass is 9.84. The minimum absolute atomic E-state index is 0.0339. The van der Waals surface area contributed by atoms with Gasteiger partial charge in [0.15, 0.2) is 0 Å². The number of carbonyl (C=O) groups excluding carboxylic acids is 2. The normalized spacial score (nSPS) is 28.7. The minimum atomic E-state index is -0.313. The van der Waals surface area contributed by atoms with Crippen LogP contribution >= 0.6 is 0 Å². The van der Waals surface area contributed by atoms with Crippen LogP contribution < -0.4 is 5.73 Å². The minimum Gasteiger partial charge on any atom is -0.368 e. The second-order valence-electron chi connectivity index (χ2n) is 7.62. The number of hydrogen-bond donors (Lipinski definition) is 1. The molecule has 0 unspecified atom stereocenters. The van der Waals surface area contributed by atoms with E-state index < -0.39 is 0 Å². The SMILES string of the molecule is NC(=O)[C@@H]1C[C@H]2CCCC[C@@H]2N1CC(=O)N1CCC(c2ccccc2)=N1. The van der Waals surface area contributed by atoms with Crippen molar-refractivity contribution in [3.63, 3.8) is 0 Å². The van der Waals surface area contributed by atoms with E-state index in [1.165, 1.54) is 6.42 Å². The molecule has 6 nitrogen and oxygen atoms in total. The van der Waals surface area contributed by atoms with Gasteiger partial charge in [-0.2, -0.15) is 5.10 Å². The van der Waals surface area contributed by atoms with E-state index in [1.54, 1.807) is 5.01 Å². The van der Waals surface area contributed by atoms with Gasteiger partial charge in [0, 0.05) is 12.5 Å². The Balaban J connectivity index is 1.47. The largest absolute Gasteiger partial charge is 0.368 e. The number of primary amides is 1. The lowest BCUT2D eigenvalue weighted by molar-refractivity contribution is -0.134.